The molecule has 1 amide bonds. The van der Waals surface area contributed by atoms with Crippen molar-refractivity contribution in [3.63, 3.8) is 0 Å². The van der Waals surface area contributed by atoms with Gasteiger partial charge in [-0.15, -0.1) is 10.2 Å². The van der Waals surface area contributed by atoms with Crippen LogP contribution in [-0.2, 0) is 0 Å². The van der Waals surface area contributed by atoms with Crippen molar-refractivity contribution in [2.45, 2.75) is 38.5 Å². The molecule has 2 aliphatic heterocycles. The summed E-state index contributed by atoms with van der Waals surface area (Å²) in [4.78, 5) is 43.0. The molecule has 19 heteroatoms. The molecule has 0 spiro atoms. The number of anilines is 4. The van der Waals surface area contributed by atoms with Gasteiger partial charge in [-0.2, -0.15) is 0 Å². The Morgan fingerprint density at radius 3 is 1.68 bits per heavy atom. The van der Waals surface area contributed by atoms with E-state index in [-0.39, 0.29) is 49.8 Å². The summed E-state index contributed by atoms with van der Waals surface area (Å²) in [6, 6.07) is 13.5. The number of nitrogens with two attached hydrogens (primary N) is 1. The van der Waals surface area contributed by atoms with Crippen molar-refractivity contribution in [1.29, 1.82) is 0 Å². The van der Waals surface area contributed by atoms with Gasteiger partial charge in [0.05, 0.1) is 42.0 Å². The minimum atomic E-state index is -2.73. The number of pyridine rings is 2. The minimum Gasteiger partial charge on any atom is -0.476 e. The first-order valence-corrected chi connectivity index (χ1v) is 16.3. The molecule has 2 fully saturated rings. The standard InChI is InChI=1S/C17H16F2N6O.C12H12F2N4O2.C5H6N2/c1-11-15(16(26)22-12-3-2-7-20-9-12)25-13(21-11)4-5-14(23-25)24-8-6-17(18,19)10-24;1-7-10(11(19)20)18-8(15-7)2-3-9(16-18)17-5-4-12(13,14)6-17;6-5-2-1-3-7-4-5/h2-5,7,9H,6,8,10H2,1H3,(H,22,26);2-3H,4-6H2,1H3,(H,19,20);1-4H,6H2. The number of aromatic carboxylic acids is 1. The number of nitrogens with zero attached hydrogens (tertiary/aromatic N) is 10. The van der Waals surface area contributed by atoms with Gasteiger partial charge in [0, 0.05) is 44.5 Å². The Labute approximate surface area is 299 Å². The Bertz CT molecular complexity index is 2250. The predicted molar refractivity (Wildman–Crippen MR) is 187 cm³/mol. The van der Waals surface area contributed by atoms with Crippen LogP contribution < -0.4 is 20.9 Å². The topological polar surface area (TPSA) is 185 Å². The molecule has 276 valence electrons. The highest BCUT2D eigenvalue weighted by molar-refractivity contribution is 6.04. The van der Waals surface area contributed by atoms with Crippen LogP contribution in [-0.4, -0.2) is 94.2 Å². The summed E-state index contributed by atoms with van der Waals surface area (Å²) in [6.45, 7) is 2.91. The summed E-state index contributed by atoms with van der Waals surface area (Å²) in [7, 11) is 0. The molecule has 15 nitrogen and oxygen atoms in total. The van der Waals surface area contributed by atoms with Gasteiger partial charge >= 0.3 is 5.97 Å². The Kier molecular flexibility index (Phi) is 10.1. The van der Waals surface area contributed by atoms with Crippen LogP contribution >= 0.6 is 0 Å². The van der Waals surface area contributed by atoms with E-state index < -0.39 is 24.4 Å². The van der Waals surface area contributed by atoms with Crippen LogP contribution in [0, 0.1) is 13.8 Å². The normalized spacial score (nSPS) is 15.8. The van der Waals surface area contributed by atoms with Gasteiger partial charge in [-0.3, -0.25) is 14.8 Å². The van der Waals surface area contributed by atoms with Crippen LogP contribution in [0.25, 0.3) is 11.3 Å². The maximum absolute atomic E-state index is 13.5. The first-order valence-electron chi connectivity index (χ1n) is 16.3. The van der Waals surface area contributed by atoms with Crippen LogP contribution in [0.4, 0.5) is 40.6 Å². The van der Waals surface area contributed by atoms with E-state index in [1.165, 1.54) is 25.0 Å². The summed E-state index contributed by atoms with van der Waals surface area (Å²) < 4.78 is 56.0. The SMILES string of the molecule is Cc1nc2ccc(N3CCC(F)(F)C3)nn2c1C(=O)Nc1cccnc1.Cc1nc2ccc(N3CCC(F)(F)C3)nn2c1C(=O)O.Nc1cccnc1. The molecule has 0 bridgehead atoms. The Morgan fingerprint density at radius 1 is 0.755 bits per heavy atom. The van der Waals surface area contributed by atoms with Crippen LogP contribution in [0.1, 0.15) is 45.2 Å². The zero-order chi connectivity index (χ0) is 37.9. The van der Waals surface area contributed by atoms with E-state index in [2.05, 4.69) is 35.5 Å². The number of hydrogen-bond donors (Lipinski definition) is 3. The van der Waals surface area contributed by atoms with Crippen molar-refractivity contribution in [2.75, 3.05) is 47.0 Å². The average molecular weight is 735 g/mol. The van der Waals surface area contributed by atoms with Gasteiger partial charge in [0.1, 0.15) is 11.6 Å². The first kappa shape index (κ1) is 36.4. The first-order chi connectivity index (χ1) is 25.2. The number of hydrogen-bond acceptors (Lipinski definition) is 11. The van der Waals surface area contributed by atoms with Gasteiger partial charge < -0.3 is 26.0 Å². The van der Waals surface area contributed by atoms with E-state index in [9.17, 15) is 27.2 Å². The van der Waals surface area contributed by atoms with Crippen molar-refractivity contribution in [3.8, 4) is 0 Å². The number of aryl methyl sites for hydroxylation is 2. The summed E-state index contributed by atoms with van der Waals surface area (Å²) in [5.41, 5.74) is 8.47. The summed E-state index contributed by atoms with van der Waals surface area (Å²) in [5.74, 6) is -6.26. The second-order valence-electron chi connectivity index (χ2n) is 12.4. The fourth-order valence-corrected chi connectivity index (χ4v) is 5.78. The van der Waals surface area contributed by atoms with Crippen molar-refractivity contribution < 1.29 is 32.3 Å². The summed E-state index contributed by atoms with van der Waals surface area (Å²) in [5, 5.41) is 20.4. The molecule has 0 atom stereocenters. The predicted octanol–water partition coefficient (Wildman–Crippen LogP) is 4.78. The zero-order valence-electron chi connectivity index (χ0n) is 28.5. The number of amides is 1. The van der Waals surface area contributed by atoms with E-state index >= 15 is 0 Å². The minimum absolute atomic E-state index is 0.0483. The number of carbonyl (C=O) groups excluding carboxylic acids is 1. The molecular weight excluding hydrogens is 700 g/mol. The molecule has 2 saturated heterocycles. The van der Waals surface area contributed by atoms with Crippen molar-refractivity contribution in [3.05, 3.63) is 96.1 Å². The maximum atomic E-state index is 13.5. The Morgan fingerprint density at radius 2 is 1.26 bits per heavy atom. The number of imidazole rings is 2. The Balaban J connectivity index is 0.000000157. The van der Waals surface area contributed by atoms with E-state index in [1.807, 2.05) is 0 Å². The van der Waals surface area contributed by atoms with Crippen LogP contribution in [0.3, 0.4) is 0 Å². The number of halogens is 4. The summed E-state index contributed by atoms with van der Waals surface area (Å²) in [6.07, 6.45) is 6.01. The molecule has 8 heterocycles. The number of carboxylic acid groups (broad SMARTS) is 1. The molecule has 0 aliphatic carbocycles. The molecule has 8 rings (SSSR count). The van der Waals surface area contributed by atoms with E-state index in [4.69, 9.17) is 10.8 Å². The van der Waals surface area contributed by atoms with Crippen LogP contribution in [0.2, 0.25) is 0 Å². The smallest absolute Gasteiger partial charge is 0.356 e. The quantitative estimate of drug-likeness (QED) is 0.206. The molecule has 6 aromatic heterocycles. The number of rotatable bonds is 5. The molecule has 4 N–H and O–H groups in total. The van der Waals surface area contributed by atoms with Gasteiger partial charge in [-0.25, -0.2) is 41.4 Å². The molecule has 6 aromatic rings. The number of alkyl halides is 4. The third-order valence-electron chi connectivity index (χ3n) is 8.28. The number of nitrogen functional groups attached to an aromatic ring is 1. The van der Waals surface area contributed by atoms with E-state index in [1.54, 1.807) is 81.0 Å². The molecular formula is C34H34F4N12O3. The lowest BCUT2D eigenvalue weighted by Gasteiger charge is -2.17. The molecule has 2 aliphatic rings. The highest BCUT2D eigenvalue weighted by Gasteiger charge is 2.40. The largest absolute Gasteiger partial charge is 0.476 e. The van der Waals surface area contributed by atoms with Crippen molar-refractivity contribution in [2.24, 2.45) is 0 Å². The third kappa shape index (κ3) is 8.40. The van der Waals surface area contributed by atoms with Gasteiger partial charge in [0.2, 0.25) is 0 Å². The third-order valence-corrected chi connectivity index (χ3v) is 8.28. The maximum Gasteiger partial charge on any atom is 0.356 e. The second-order valence-corrected chi connectivity index (χ2v) is 12.4. The lowest BCUT2D eigenvalue weighted by atomic mass is 10.3. The van der Waals surface area contributed by atoms with Crippen molar-refractivity contribution >= 4 is 46.2 Å². The zero-order valence-corrected chi connectivity index (χ0v) is 28.5. The van der Waals surface area contributed by atoms with E-state index in [0.717, 1.165) is 0 Å². The monoisotopic (exact) mass is 734 g/mol. The fraction of sp³-hybridized carbons (Fsp3) is 0.294. The second kappa shape index (κ2) is 14.7. The van der Waals surface area contributed by atoms with Gasteiger partial charge in [0.15, 0.2) is 22.7 Å². The van der Waals surface area contributed by atoms with Gasteiger partial charge in [0.25, 0.3) is 17.8 Å². The highest BCUT2D eigenvalue weighted by atomic mass is 19.3. The van der Waals surface area contributed by atoms with Crippen LogP contribution in [0.5, 0.6) is 0 Å². The summed E-state index contributed by atoms with van der Waals surface area (Å²) >= 11 is 0. The highest BCUT2D eigenvalue weighted by Crippen LogP contribution is 2.31. The van der Waals surface area contributed by atoms with Gasteiger partial charge in [-0.05, 0) is 62.4 Å². The number of aromatic nitrogens is 8. The lowest BCUT2D eigenvalue weighted by Crippen LogP contribution is -2.26. The molecule has 0 aromatic carbocycles. The number of nitrogens with one attached hydrogen (secondary N) is 1. The average Bonchev–Trinajstić information content (AvgIpc) is 3.86. The number of fused-ring (bicyclic) bond motifs is 2. The van der Waals surface area contributed by atoms with Crippen molar-refractivity contribution in [1.82, 2.24) is 39.2 Å². The van der Waals surface area contributed by atoms with Gasteiger partial charge in [-0.1, -0.05) is 0 Å². The van der Waals surface area contributed by atoms with Crippen LogP contribution in [0.15, 0.2) is 73.3 Å². The lowest BCUT2D eigenvalue weighted by molar-refractivity contribution is 0.0249. The Hall–Kier alpha value is -6.40. The number of carboxylic acids is 1. The number of carbonyl (C=O) groups is 2. The fourth-order valence-electron chi connectivity index (χ4n) is 5.78. The van der Waals surface area contributed by atoms with E-state index in [0.29, 0.717) is 45.7 Å². The molecule has 0 radical (unpaired) electrons. The molecule has 0 saturated carbocycles. The molecule has 0 unspecified atom stereocenters. The molecule has 53 heavy (non-hydrogen) atoms.